The van der Waals surface area contributed by atoms with Crippen molar-refractivity contribution in [1.82, 2.24) is 0 Å². The number of hydrogen-bond donors (Lipinski definition) is 0. The average molecular weight is 406 g/mol. The molecule has 0 saturated heterocycles. The Hall–Kier alpha value is 0.946. The second-order valence-electron chi connectivity index (χ2n) is 3.69. The van der Waals surface area contributed by atoms with Crippen molar-refractivity contribution in [3.63, 3.8) is 0 Å². The van der Waals surface area contributed by atoms with Crippen molar-refractivity contribution >= 4 is 31.4 Å². The standard InChI is InChI=1S/C9H12F3NO5S3.K/c10-9(11)21(16,18-12)13-20(14,15)6-4-17-3-1-8-2-5-19-7-8;/h2,5,7,9H,1,3-4,6H2;/q;+1. The molecule has 0 spiro atoms. The van der Waals surface area contributed by atoms with Crippen molar-refractivity contribution < 1.29 is 86.4 Å². The molecule has 0 fully saturated rings. The number of thiophene rings is 1. The Balaban J connectivity index is 0.00000441. The predicted molar refractivity (Wildman–Crippen MR) is 71.4 cm³/mol. The maximum Gasteiger partial charge on any atom is 1.00 e. The van der Waals surface area contributed by atoms with Gasteiger partial charge in [-0.25, -0.2) is 12.6 Å². The Kier molecular flexibility index (Phi) is 11.2. The van der Waals surface area contributed by atoms with E-state index in [-0.39, 0.29) is 64.6 Å². The van der Waals surface area contributed by atoms with E-state index in [9.17, 15) is 25.9 Å². The van der Waals surface area contributed by atoms with Crippen LogP contribution in [0.25, 0.3) is 0 Å². The fraction of sp³-hybridized carbons (Fsp3) is 0.556. The third-order valence-electron chi connectivity index (χ3n) is 2.13. The summed E-state index contributed by atoms with van der Waals surface area (Å²) in [6.07, 6.45) is 0.558. The van der Waals surface area contributed by atoms with Crippen LogP contribution in [0.15, 0.2) is 20.6 Å². The second kappa shape index (κ2) is 10.7. The molecule has 1 rings (SSSR count). The zero-order chi connectivity index (χ0) is 15.9. The van der Waals surface area contributed by atoms with Crippen molar-refractivity contribution in [1.29, 1.82) is 0 Å². The van der Waals surface area contributed by atoms with E-state index in [1.165, 1.54) is 11.3 Å². The molecule has 1 aromatic rings. The summed E-state index contributed by atoms with van der Waals surface area (Å²) < 4.78 is 79.5. The van der Waals surface area contributed by atoms with Gasteiger partial charge in [0.2, 0.25) is 0 Å². The molecule has 1 heterocycles. The van der Waals surface area contributed by atoms with Gasteiger partial charge in [0.15, 0.2) is 0 Å². The van der Waals surface area contributed by atoms with Gasteiger partial charge in [0, 0.05) is 0 Å². The second-order valence-corrected chi connectivity index (χ2v) is 8.15. The Morgan fingerprint density at radius 2 is 1.95 bits per heavy atom. The van der Waals surface area contributed by atoms with Crippen molar-refractivity contribution in [2.24, 2.45) is 3.77 Å². The Morgan fingerprint density at radius 3 is 2.45 bits per heavy atom. The molecular formula is C9H12F3KNO5S3+. The Labute approximate surface area is 173 Å². The molecule has 0 bridgehead atoms. The summed E-state index contributed by atoms with van der Waals surface area (Å²) in [5, 5.41) is 3.77. The topological polar surface area (TPSA) is 82.0 Å². The van der Waals surface area contributed by atoms with Crippen LogP contribution in [0.1, 0.15) is 5.56 Å². The number of sulfonamides is 1. The zero-order valence-electron chi connectivity index (χ0n) is 11.5. The largest absolute Gasteiger partial charge is 1.00 e. The third kappa shape index (κ3) is 8.17. The van der Waals surface area contributed by atoms with Gasteiger partial charge >= 0.3 is 57.1 Å². The number of halogens is 3. The molecule has 1 atom stereocenters. The van der Waals surface area contributed by atoms with Crippen LogP contribution >= 0.6 is 11.3 Å². The summed E-state index contributed by atoms with van der Waals surface area (Å²) in [6.45, 7) is -0.128. The maximum absolute atomic E-state index is 12.2. The van der Waals surface area contributed by atoms with Crippen LogP contribution < -0.4 is 51.4 Å². The van der Waals surface area contributed by atoms with Crippen LogP contribution in [0.5, 0.6) is 0 Å². The summed E-state index contributed by atoms with van der Waals surface area (Å²) in [7, 11) is -9.75. The molecule has 0 amide bonds. The van der Waals surface area contributed by atoms with Crippen molar-refractivity contribution in [2.45, 2.75) is 12.2 Å². The van der Waals surface area contributed by atoms with E-state index in [0.29, 0.717) is 6.42 Å². The van der Waals surface area contributed by atoms with E-state index in [1.807, 2.05) is 16.8 Å². The minimum absolute atomic E-state index is 0. The molecule has 22 heavy (non-hydrogen) atoms. The normalized spacial score (nSPS) is 14.4. The van der Waals surface area contributed by atoms with Crippen molar-refractivity contribution in [2.75, 3.05) is 19.0 Å². The van der Waals surface area contributed by atoms with E-state index in [1.54, 1.807) is 0 Å². The first kappa shape index (κ1) is 22.9. The fourth-order valence-electron chi connectivity index (χ4n) is 1.16. The first-order chi connectivity index (χ1) is 9.79. The van der Waals surface area contributed by atoms with Gasteiger partial charge < -0.3 is 4.74 Å². The Morgan fingerprint density at radius 1 is 1.27 bits per heavy atom. The van der Waals surface area contributed by atoms with Gasteiger partial charge in [-0.15, -0.1) is 0 Å². The van der Waals surface area contributed by atoms with E-state index < -0.39 is 31.5 Å². The van der Waals surface area contributed by atoms with Gasteiger partial charge in [-0.3, -0.25) is 0 Å². The summed E-state index contributed by atoms with van der Waals surface area (Å²) in [5.41, 5.74) is 1.01. The number of rotatable bonds is 9. The molecule has 122 valence electrons. The monoisotopic (exact) mass is 406 g/mol. The number of alkyl halides is 2. The smallest absolute Gasteiger partial charge is 0.380 e. The summed E-state index contributed by atoms with van der Waals surface area (Å²) >= 11 is 1.50. The molecule has 0 aliphatic heterocycles. The summed E-state index contributed by atoms with van der Waals surface area (Å²) in [4.78, 5) is 0. The molecule has 1 aromatic heterocycles. The van der Waals surface area contributed by atoms with Crippen LogP contribution in [0.4, 0.5) is 13.3 Å². The number of hydrogen-bond acceptors (Lipinski definition) is 6. The van der Waals surface area contributed by atoms with Crippen LogP contribution in [-0.2, 0) is 35.6 Å². The maximum atomic E-state index is 12.2. The molecular weight excluding hydrogens is 394 g/mol. The molecule has 0 N–H and O–H groups in total. The fourth-order valence-corrected chi connectivity index (χ4v) is 4.16. The average Bonchev–Trinajstić information content (AvgIpc) is 2.90. The predicted octanol–water partition coefficient (Wildman–Crippen LogP) is -0.852. The first-order valence-corrected chi connectivity index (χ1v) is 9.52. The van der Waals surface area contributed by atoms with Gasteiger partial charge in [0.1, 0.15) is 0 Å². The Bertz CT molecular complexity index is 643. The number of ether oxygens (including phenoxy) is 1. The minimum atomic E-state index is -5.20. The molecule has 0 aliphatic carbocycles. The van der Waals surface area contributed by atoms with Gasteiger partial charge in [-0.2, -0.15) is 20.1 Å². The molecule has 13 heteroatoms. The first-order valence-electron chi connectivity index (χ1n) is 5.46. The van der Waals surface area contributed by atoms with E-state index in [0.717, 1.165) is 5.56 Å². The quantitative estimate of drug-likeness (QED) is 0.394. The molecule has 1 unspecified atom stereocenters. The SMILES string of the molecule is O=S(=O)(CCOCCc1ccsc1)N=S(=O)(OF)C(F)F.[K+]. The van der Waals surface area contributed by atoms with Crippen molar-refractivity contribution in [3.8, 4) is 0 Å². The molecule has 0 aliphatic rings. The van der Waals surface area contributed by atoms with E-state index >= 15 is 0 Å². The van der Waals surface area contributed by atoms with Gasteiger partial charge in [-0.05, 0) is 33.3 Å². The summed E-state index contributed by atoms with van der Waals surface area (Å²) in [5.74, 6) is -4.68. The molecule has 0 radical (unpaired) electrons. The molecule has 0 aromatic carbocycles. The van der Waals surface area contributed by atoms with Crippen LogP contribution in [0.3, 0.4) is 0 Å². The van der Waals surface area contributed by atoms with E-state index in [4.69, 9.17) is 4.74 Å². The van der Waals surface area contributed by atoms with Crippen LogP contribution in [-0.4, -0.2) is 37.4 Å². The van der Waals surface area contributed by atoms with Gasteiger partial charge in [0.05, 0.1) is 19.0 Å². The third-order valence-corrected chi connectivity index (χ3v) is 5.92. The zero-order valence-corrected chi connectivity index (χ0v) is 17.1. The van der Waals surface area contributed by atoms with E-state index in [2.05, 4.69) is 8.16 Å². The molecule has 6 nitrogen and oxygen atoms in total. The minimum Gasteiger partial charge on any atom is -0.380 e. The van der Waals surface area contributed by atoms with Crippen LogP contribution in [0.2, 0.25) is 0 Å². The molecule has 0 saturated carbocycles. The van der Waals surface area contributed by atoms with Crippen LogP contribution in [0, 0.1) is 0 Å². The van der Waals surface area contributed by atoms with Crippen molar-refractivity contribution in [3.05, 3.63) is 22.4 Å². The van der Waals surface area contributed by atoms with Gasteiger partial charge in [-0.1, -0.05) is 8.16 Å². The summed E-state index contributed by atoms with van der Waals surface area (Å²) in [6, 6.07) is 1.87. The van der Waals surface area contributed by atoms with Gasteiger partial charge in [0.25, 0.3) is 20.0 Å². The number of nitrogens with zero attached hydrogens (tertiary/aromatic N) is 1.